The molecule has 0 aliphatic rings. The first-order valence-corrected chi connectivity index (χ1v) is 4.65. The first-order chi connectivity index (χ1) is 6.67. The molecule has 0 aliphatic heterocycles. The van der Waals surface area contributed by atoms with Crippen LogP contribution < -0.4 is 0 Å². The Bertz CT molecular complexity index is 353. The first kappa shape index (κ1) is 10.5. The van der Waals surface area contributed by atoms with Crippen molar-refractivity contribution in [1.29, 1.82) is 0 Å². The number of aliphatic carboxylic acids is 1. The molecule has 1 rings (SSSR count). The summed E-state index contributed by atoms with van der Waals surface area (Å²) in [4.78, 5) is 10.3. The SMILES string of the molecule is CCc1cc(/C=C/C(=O)O)n(CC)n1. The van der Waals surface area contributed by atoms with Crippen LogP contribution in [0.15, 0.2) is 12.1 Å². The van der Waals surface area contributed by atoms with E-state index in [-0.39, 0.29) is 0 Å². The highest BCUT2D eigenvalue weighted by atomic mass is 16.4. The number of aryl methyl sites for hydroxylation is 2. The molecule has 1 heterocycles. The van der Waals surface area contributed by atoms with Crippen LogP contribution in [0.4, 0.5) is 0 Å². The van der Waals surface area contributed by atoms with Gasteiger partial charge in [0.2, 0.25) is 0 Å². The van der Waals surface area contributed by atoms with Crippen molar-refractivity contribution in [2.24, 2.45) is 0 Å². The van der Waals surface area contributed by atoms with Crippen LogP contribution in [0.3, 0.4) is 0 Å². The van der Waals surface area contributed by atoms with E-state index in [0.717, 1.165) is 30.4 Å². The maximum Gasteiger partial charge on any atom is 0.328 e. The van der Waals surface area contributed by atoms with Gasteiger partial charge in [0.15, 0.2) is 0 Å². The Labute approximate surface area is 82.9 Å². The van der Waals surface area contributed by atoms with Gasteiger partial charge >= 0.3 is 5.97 Å². The molecule has 76 valence electrons. The van der Waals surface area contributed by atoms with Crippen LogP contribution in [0.2, 0.25) is 0 Å². The molecular formula is C10H14N2O2. The standard InChI is InChI=1S/C10H14N2O2/c1-3-8-7-9(5-6-10(13)14)12(4-2)11-8/h5-7H,3-4H2,1-2H3,(H,13,14)/b6-5+. The van der Waals surface area contributed by atoms with Gasteiger partial charge in [-0.2, -0.15) is 5.10 Å². The number of nitrogens with zero attached hydrogens (tertiary/aromatic N) is 2. The second kappa shape index (κ2) is 4.60. The fourth-order valence-corrected chi connectivity index (χ4v) is 1.20. The summed E-state index contributed by atoms with van der Waals surface area (Å²) in [6.07, 6.45) is 3.56. The Balaban J connectivity index is 2.94. The van der Waals surface area contributed by atoms with Gasteiger partial charge < -0.3 is 5.11 Å². The average molecular weight is 194 g/mol. The minimum Gasteiger partial charge on any atom is -0.478 e. The molecule has 1 aromatic rings. The highest BCUT2D eigenvalue weighted by Crippen LogP contribution is 2.07. The summed E-state index contributed by atoms with van der Waals surface area (Å²) in [5.74, 6) is -0.938. The molecule has 14 heavy (non-hydrogen) atoms. The fraction of sp³-hybridized carbons (Fsp3) is 0.400. The Morgan fingerprint density at radius 3 is 2.86 bits per heavy atom. The van der Waals surface area contributed by atoms with E-state index in [0.29, 0.717) is 0 Å². The van der Waals surface area contributed by atoms with E-state index in [1.165, 1.54) is 0 Å². The molecule has 0 aliphatic carbocycles. The monoisotopic (exact) mass is 194 g/mol. The molecule has 0 saturated heterocycles. The van der Waals surface area contributed by atoms with Crippen molar-refractivity contribution in [3.63, 3.8) is 0 Å². The quantitative estimate of drug-likeness (QED) is 0.740. The summed E-state index contributed by atoms with van der Waals surface area (Å²) >= 11 is 0. The number of hydrogen-bond donors (Lipinski definition) is 1. The van der Waals surface area contributed by atoms with Crippen LogP contribution in [0.1, 0.15) is 25.2 Å². The highest BCUT2D eigenvalue weighted by Gasteiger charge is 2.02. The zero-order chi connectivity index (χ0) is 10.6. The predicted octanol–water partition coefficient (Wildman–Crippen LogP) is 1.56. The van der Waals surface area contributed by atoms with Gasteiger partial charge in [-0.25, -0.2) is 4.79 Å². The molecule has 0 radical (unpaired) electrons. The van der Waals surface area contributed by atoms with E-state index in [4.69, 9.17) is 5.11 Å². The zero-order valence-electron chi connectivity index (χ0n) is 8.40. The highest BCUT2D eigenvalue weighted by molar-refractivity contribution is 5.84. The molecular weight excluding hydrogens is 180 g/mol. The molecule has 1 aromatic heterocycles. The number of aromatic nitrogens is 2. The molecule has 0 amide bonds. The van der Waals surface area contributed by atoms with Gasteiger partial charge in [-0.3, -0.25) is 4.68 Å². The summed E-state index contributed by atoms with van der Waals surface area (Å²) in [7, 11) is 0. The summed E-state index contributed by atoms with van der Waals surface area (Å²) < 4.78 is 1.79. The molecule has 4 nitrogen and oxygen atoms in total. The molecule has 0 unspecified atom stereocenters. The lowest BCUT2D eigenvalue weighted by atomic mass is 10.3. The van der Waals surface area contributed by atoms with Crippen LogP contribution in [-0.2, 0) is 17.8 Å². The second-order valence-corrected chi connectivity index (χ2v) is 2.90. The van der Waals surface area contributed by atoms with Crippen molar-refractivity contribution in [1.82, 2.24) is 9.78 Å². The van der Waals surface area contributed by atoms with E-state index < -0.39 is 5.97 Å². The molecule has 0 spiro atoms. The number of carboxylic acids is 1. The lowest BCUT2D eigenvalue weighted by Crippen LogP contribution is -1.99. The van der Waals surface area contributed by atoms with Crippen molar-refractivity contribution in [2.45, 2.75) is 26.8 Å². The number of hydrogen-bond acceptors (Lipinski definition) is 2. The van der Waals surface area contributed by atoms with Crippen molar-refractivity contribution in [3.8, 4) is 0 Å². The maximum atomic E-state index is 10.3. The lowest BCUT2D eigenvalue weighted by molar-refractivity contribution is -0.131. The van der Waals surface area contributed by atoms with E-state index in [9.17, 15) is 4.79 Å². The van der Waals surface area contributed by atoms with Crippen LogP contribution in [-0.4, -0.2) is 20.9 Å². The molecule has 0 atom stereocenters. The third-order valence-corrected chi connectivity index (χ3v) is 1.92. The maximum absolute atomic E-state index is 10.3. The van der Waals surface area contributed by atoms with Crippen LogP contribution in [0, 0.1) is 0 Å². The molecule has 1 N–H and O–H groups in total. The predicted molar refractivity (Wildman–Crippen MR) is 53.9 cm³/mol. The Hall–Kier alpha value is -1.58. The number of carbonyl (C=O) groups is 1. The Kier molecular flexibility index (Phi) is 3.45. The van der Waals surface area contributed by atoms with E-state index >= 15 is 0 Å². The van der Waals surface area contributed by atoms with E-state index in [2.05, 4.69) is 5.10 Å². The lowest BCUT2D eigenvalue weighted by Gasteiger charge is -1.97. The van der Waals surface area contributed by atoms with E-state index in [1.807, 2.05) is 19.9 Å². The third-order valence-electron chi connectivity index (χ3n) is 1.92. The topological polar surface area (TPSA) is 55.1 Å². The first-order valence-electron chi connectivity index (χ1n) is 4.65. The molecule has 0 bridgehead atoms. The largest absolute Gasteiger partial charge is 0.478 e. The van der Waals surface area contributed by atoms with Crippen LogP contribution in [0.25, 0.3) is 6.08 Å². The smallest absolute Gasteiger partial charge is 0.328 e. The third kappa shape index (κ3) is 2.45. The minimum atomic E-state index is -0.938. The Morgan fingerprint density at radius 2 is 2.36 bits per heavy atom. The average Bonchev–Trinajstić information content (AvgIpc) is 2.57. The van der Waals surface area contributed by atoms with Gasteiger partial charge in [0.1, 0.15) is 0 Å². The number of carboxylic acid groups (broad SMARTS) is 1. The molecule has 0 aromatic carbocycles. The minimum absolute atomic E-state index is 0.749. The normalized spacial score (nSPS) is 11.0. The van der Waals surface area contributed by atoms with E-state index in [1.54, 1.807) is 10.8 Å². The van der Waals surface area contributed by atoms with Crippen LogP contribution in [0.5, 0.6) is 0 Å². The summed E-state index contributed by atoms with van der Waals surface area (Å²) in [6, 6.07) is 1.91. The Morgan fingerprint density at radius 1 is 1.64 bits per heavy atom. The molecule has 4 heteroatoms. The fourth-order valence-electron chi connectivity index (χ4n) is 1.20. The van der Waals surface area contributed by atoms with Gasteiger partial charge in [0.25, 0.3) is 0 Å². The van der Waals surface area contributed by atoms with Crippen molar-refractivity contribution in [3.05, 3.63) is 23.5 Å². The number of rotatable bonds is 4. The van der Waals surface area contributed by atoms with Crippen LogP contribution >= 0.6 is 0 Å². The van der Waals surface area contributed by atoms with Gasteiger partial charge in [0.05, 0.1) is 11.4 Å². The molecule has 0 fully saturated rings. The van der Waals surface area contributed by atoms with Gasteiger partial charge in [-0.1, -0.05) is 6.92 Å². The van der Waals surface area contributed by atoms with Crippen molar-refractivity contribution < 1.29 is 9.90 Å². The molecule has 0 saturated carbocycles. The van der Waals surface area contributed by atoms with Crippen molar-refractivity contribution in [2.75, 3.05) is 0 Å². The summed E-state index contributed by atoms with van der Waals surface area (Å²) in [5, 5.41) is 12.8. The van der Waals surface area contributed by atoms with Gasteiger partial charge in [-0.05, 0) is 25.5 Å². The second-order valence-electron chi connectivity index (χ2n) is 2.90. The van der Waals surface area contributed by atoms with Crippen molar-refractivity contribution >= 4 is 12.0 Å². The summed E-state index contributed by atoms with van der Waals surface area (Å²) in [5.41, 5.74) is 1.82. The van der Waals surface area contributed by atoms with Gasteiger partial charge in [-0.15, -0.1) is 0 Å². The zero-order valence-corrected chi connectivity index (χ0v) is 8.40. The van der Waals surface area contributed by atoms with Gasteiger partial charge in [0, 0.05) is 12.6 Å². The summed E-state index contributed by atoms with van der Waals surface area (Å²) in [6.45, 7) is 4.75.